The van der Waals surface area contributed by atoms with Crippen LogP contribution in [-0.2, 0) is 7.05 Å². The van der Waals surface area contributed by atoms with Gasteiger partial charge in [0.25, 0.3) is 5.91 Å². The smallest absolute Gasteiger partial charge is 0.276 e. The number of carbonyl (C=O) groups is 1. The summed E-state index contributed by atoms with van der Waals surface area (Å²) in [5.41, 5.74) is 4.80. The van der Waals surface area contributed by atoms with Crippen LogP contribution in [0.3, 0.4) is 0 Å². The predicted octanol–water partition coefficient (Wildman–Crippen LogP) is 3.77. The lowest BCUT2D eigenvalue weighted by atomic mass is 10.1. The molecule has 0 spiro atoms. The van der Waals surface area contributed by atoms with Crippen molar-refractivity contribution in [1.29, 1.82) is 0 Å². The molecule has 0 radical (unpaired) electrons. The Labute approximate surface area is 173 Å². The first-order chi connectivity index (χ1) is 14.3. The minimum absolute atomic E-state index is 0.178. The molecule has 3 aromatic heterocycles. The number of hydrogen-bond acceptors (Lipinski definition) is 5. The van der Waals surface area contributed by atoms with E-state index in [9.17, 15) is 4.79 Å². The summed E-state index contributed by atoms with van der Waals surface area (Å²) in [4.78, 5) is 27.5. The number of fused-ring (bicyclic) bond motifs is 1. The summed E-state index contributed by atoms with van der Waals surface area (Å²) >= 11 is 0. The maximum atomic E-state index is 15.3. The van der Waals surface area contributed by atoms with E-state index in [1.54, 1.807) is 38.4 Å². The molecule has 0 aliphatic rings. The molecular weight excluding hydrogens is 383 g/mol. The van der Waals surface area contributed by atoms with Crippen molar-refractivity contribution in [1.82, 2.24) is 24.7 Å². The molecule has 0 saturated heterocycles. The molecule has 30 heavy (non-hydrogen) atoms. The highest BCUT2D eigenvalue weighted by Crippen LogP contribution is 2.30. The Balaban J connectivity index is 1.75. The van der Waals surface area contributed by atoms with E-state index in [0.717, 1.165) is 16.8 Å². The molecule has 0 N–H and O–H groups in total. The van der Waals surface area contributed by atoms with Crippen molar-refractivity contribution >= 4 is 22.6 Å². The number of anilines is 1. The Bertz CT molecular complexity index is 1300. The van der Waals surface area contributed by atoms with Gasteiger partial charge in [-0.15, -0.1) is 0 Å². The number of carbonyl (C=O) groups excluding carboxylic acids is 1. The third-order valence-electron chi connectivity index (χ3n) is 5.18. The Morgan fingerprint density at radius 2 is 1.90 bits per heavy atom. The van der Waals surface area contributed by atoms with Crippen LogP contribution in [0.2, 0.25) is 0 Å². The minimum atomic E-state index is -0.493. The van der Waals surface area contributed by atoms with Gasteiger partial charge < -0.3 is 4.90 Å². The standard InChI is InChI=1S/C22H21FN6O/c1-12-10-13(2)26-16-11-24-21(27-20(12)16)15-6-7-17(19(23)14(15)3)28(4)22(30)18-8-9-25-29(18)5/h6-11H,1-5H3. The molecule has 7 nitrogen and oxygen atoms in total. The van der Waals surface area contributed by atoms with Crippen molar-refractivity contribution in [2.24, 2.45) is 7.05 Å². The van der Waals surface area contributed by atoms with Crippen LogP contribution in [-0.4, -0.2) is 37.7 Å². The van der Waals surface area contributed by atoms with E-state index in [2.05, 4.69) is 20.1 Å². The van der Waals surface area contributed by atoms with Gasteiger partial charge in [0.05, 0.1) is 17.4 Å². The average molecular weight is 404 g/mol. The molecule has 1 aromatic carbocycles. The third-order valence-corrected chi connectivity index (χ3v) is 5.18. The second-order valence-electron chi connectivity index (χ2n) is 7.28. The van der Waals surface area contributed by atoms with Gasteiger partial charge in [-0.2, -0.15) is 5.10 Å². The average Bonchev–Trinajstić information content (AvgIpc) is 3.14. The van der Waals surface area contributed by atoms with E-state index in [0.29, 0.717) is 28.2 Å². The number of aryl methyl sites for hydroxylation is 3. The number of hydrogen-bond donors (Lipinski definition) is 0. The molecule has 0 fully saturated rings. The fourth-order valence-corrected chi connectivity index (χ4v) is 3.52. The van der Waals surface area contributed by atoms with Gasteiger partial charge in [0.2, 0.25) is 0 Å². The first-order valence-electron chi connectivity index (χ1n) is 9.44. The first kappa shape index (κ1) is 19.6. The van der Waals surface area contributed by atoms with E-state index in [-0.39, 0.29) is 11.6 Å². The van der Waals surface area contributed by atoms with Crippen molar-refractivity contribution in [2.75, 3.05) is 11.9 Å². The van der Waals surface area contributed by atoms with Crippen LogP contribution < -0.4 is 4.90 Å². The van der Waals surface area contributed by atoms with Crippen molar-refractivity contribution in [3.8, 4) is 11.4 Å². The van der Waals surface area contributed by atoms with Crippen LogP contribution in [0, 0.1) is 26.6 Å². The summed E-state index contributed by atoms with van der Waals surface area (Å²) in [6.45, 7) is 5.54. The summed E-state index contributed by atoms with van der Waals surface area (Å²) in [7, 11) is 3.21. The number of amides is 1. The van der Waals surface area contributed by atoms with Crippen LogP contribution in [0.25, 0.3) is 22.4 Å². The Morgan fingerprint density at radius 3 is 2.60 bits per heavy atom. The van der Waals surface area contributed by atoms with Gasteiger partial charge in [0.15, 0.2) is 11.6 Å². The van der Waals surface area contributed by atoms with Crippen molar-refractivity contribution in [2.45, 2.75) is 20.8 Å². The van der Waals surface area contributed by atoms with E-state index < -0.39 is 5.82 Å². The van der Waals surface area contributed by atoms with E-state index in [1.807, 2.05) is 19.9 Å². The highest BCUT2D eigenvalue weighted by molar-refractivity contribution is 6.04. The normalized spacial score (nSPS) is 11.1. The van der Waals surface area contributed by atoms with Crippen molar-refractivity contribution < 1.29 is 9.18 Å². The zero-order valence-corrected chi connectivity index (χ0v) is 17.4. The van der Waals surface area contributed by atoms with Gasteiger partial charge in [-0.25, -0.2) is 19.3 Å². The second-order valence-corrected chi connectivity index (χ2v) is 7.28. The fraction of sp³-hybridized carbons (Fsp3) is 0.227. The van der Waals surface area contributed by atoms with Crippen LogP contribution in [0.4, 0.5) is 10.1 Å². The third kappa shape index (κ3) is 3.20. The molecule has 0 aliphatic carbocycles. The molecule has 1 amide bonds. The molecule has 4 aromatic rings. The second kappa shape index (κ2) is 7.29. The number of nitrogens with zero attached hydrogens (tertiary/aromatic N) is 6. The largest absolute Gasteiger partial charge is 0.307 e. The molecule has 0 unspecified atom stereocenters. The predicted molar refractivity (Wildman–Crippen MR) is 113 cm³/mol. The highest BCUT2D eigenvalue weighted by Gasteiger charge is 2.22. The Kier molecular flexibility index (Phi) is 4.77. The lowest BCUT2D eigenvalue weighted by Crippen LogP contribution is -2.29. The summed E-state index contributed by atoms with van der Waals surface area (Å²) in [5.74, 6) is -0.423. The van der Waals surface area contributed by atoms with Gasteiger partial charge >= 0.3 is 0 Å². The number of pyridine rings is 1. The number of rotatable bonds is 3. The molecule has 0 atom stereocenters. The molecule has 0 saturated carbocycles. The van der Waals surface area contributed by atoms with Gasteiger partial charge in [-0.1, -0.05) is 0 Å². The highest BCUT2D eigenvalue weighted by atomic mass is 19.1. The van der Waals surface area contributed by atoms with E-state index in [4.69, 9.17) is 0 Å². The SMILES string of the molecule is Cc1cc(C)c2nc(-c3ccc(N(C)C(=O)c4ccnn4C)c(F)c3C)ncc2n1. The summed E-state index contributed by atoms with van der Waals surface area (Å²) in [6.07, 6.45) is 3.18. The fourth-order valence-electron chi connectivity index (χ4n) is 3.52. The number of aromatic nitrogens is 5. The van der Waals surface area contributed by atoms with Gasteiger partial charge in [0, 0.05) is 31.5 Å². The quantitative estimate of drug-likeness (QED) is 0.520. The zero-order valence-electron chi connectivity index (χ0n) is 17.4. The molecular formula is C22H21FN6O. The van der Waals surface area contributed by atoms with Crippen LogP contribution >= 0.6 is 0 Å². The summed E-state index contributed by atoms with van der Waals surface area (Å²) in [5, 5.41) is 4.00. The topological polar surface area (TPSA) is 76.8 Å². The lowest BCUT2D eigenvalue weighted by Gasteiger charge is -2.20. The molecule has 0 bridgehead atoms. The van der Waals surface area contributed by atoms with Gasteiger partial charge in [0.1, 0.15) is 11.2 Å². The Morgan fingerprint density at radius 1 is 1.13 bits per heavy atom. The van der Waals surface area contributed by atoms with E-state index in [1.165, 1.54) is 22.8 Å². The van der Waals surface area contributed by atoms with Crippen LogP contribution in [0.15, 0.2) is 36.7 Å². The van der Waals surface area contributed by atoms with Crippen molar-refractivity contribution in [3.63, 3.8) is 0 Å². The summed E-state index contributed by atoms with van der Waals surface area (Å²) < 4.78 is 16.7. The molecule has 8 heteroatoms. The number of halogens is 1. The molecule has 0 aliphatic heterocycles. The van der Waals surface area contributed by atoms with E-state index >= 15 is 4.39 Å². The maximum Gasteiger partial charge on any atom is 0.276 e. The lowest BCUT2D eigenvalue weighted by molar-refractivity contribution is 0.0983. The number of benzene rings is 1. The molecule has 152 valence electrons. The van der Waals surface area contributed by atoms with Gasteiger partial charge in [-0.3, -0.25) is 9.48 Å². The molecule has 4 rings (SSSR count). The molecule has 3 heterocycles. The first-order valence-corrected chi connectivity index (χ1v) is 9.44. The maximum absolute atomic E-state index is 15.3. The van der Waals surface area contributed by atoms with Crippen LogP contribution in [0.5, 0.6) is 0 Å². The monoisotopic (exact) mass is 404 g/mol. The van der Waals surface area contributed by atoms with Crippen LogP contribution in [0.1, 0.15) is 27.3 Å². The zero-order chi connectivity index (χ0) is 21.6. The minimum Gasteiger partial charge on any atom is -0.307 e. The summed E-state index contributed by atoms with van der Waals surface area (Å²) in [6, 6.07) is 6.85. The van der Waals surface area contributed by atoms with Crippen molar-refractivity contribution in [3.05, 3.63) is 65.0 Å². The van der Waals surface area contributed by atoms with Gasteiger partial charge in [-0.05, 0) is 56.2 Å². The Hall–Kier alpha value is -3.68.